The van der Waals surface area contributed by atoms with E-state index >= 15 is 0 Å². The van der Waals surface area contributed by atoms with Crippen LogP contribution in [-0.2, 0) is 0 Å². The Hall–Kier alpha value is -0.740. The van der Waals surface area contributed by atoms with E-state index < -0.39 is 6.10 Å². The van der Waals surface area contributed by atoms with Crippen molar-refractivity contribution < 1.29 is 14.6 Å². The van der Waals surface area contributed by atoms with E-state index in [0.29, 0.717) is 11.5 Å². The van der Waals surface area contributed by atoms with Crippen LogP contribution in [0.4, 0.5) is 0 Å². The largest absolute Gasteiger partial charge is 0.495 e. The van der Waals surface area contributed by atoms with Crippen molar-refractivity contribution in [1.82, 2.24) is 0 Å². The first-order valence-electron chi connectivity index (χ1n) is 7.19. The van der Waals surface area contributed by atoms with Crippen LogP contribution in [0.1, 0.15) is 51.2 Å². The van der Waals surface area contributed by atoms with Crippen molar-refractivity contribution in [3.05, 3.63) is 22.2 Å². The van der Waals surface area contributed by atoms with Crippen LogP contribution in [0.25, 0.3) is 0 Å². The summed E-state index contributed by atoms with van der Waals surface area (Å²) in [6, 6.07) is 3.76. The molecule has 0 bridgehead atoms. The van der Waals surface area contributed by atoms with E-state index in [1.165, 1.54) is 0 Å². The molecule has 0 saturated carbocycles. The molecule has 1 aromatic carbocycles. The third-order valence-electron chi connectivity index (χ3n) is 3.60. The molecule has 0 aliphatic carbocycles. The Bertz CT molecular complexity index is 414. The molecule has 0 aliphatic heterocycles. The molecule has 114 valence electrons. The van der Waals surface area contributed by atoms with E-state index in [1.807, 2.05) is 12.1 Å². The van der Waals surface area contributed by atoms with Gasteiger partial charge in [0.2, 0.25) is 0 Å². The number of benzene rings is 1. The molecule has 0 aliphatic rings. The predicted molar refractivity (Wildman–Crippen MR) is 85.5 cm³/mol. The summed E-state index contributed by atoms with van der Waals surface area (Å²) in [6.45, 7) is 4.30. The van der Waals surface area contributed by atoms with Gasteiger partial charge in [0.05, 0.1) is 20.3 Å². The summed E-state index contributed by atoms with van der Waals surface area (Å²) >= 11 is 3.49. The molecule has 1 N–H and O–H groups in total. The minimum Gasteiger partial charge on any atom is -0.495 e. The molecule has 0 radical (unpaired) electrons. The highest BCUT2D eigenvalue weighted by Gasteiger charge is 2.25. The third kappa shape index (κ3) is 3.89. The highest BCUT2D eigenvalue weighted by atomic mass is 79.9. The normalized spacial score (nSPS) is 12.6. The number of methoxy groups -OCH3 is 2. The average Bonchev–Trinajstić information content (AvgIpc) is 2.46. The zero-order valence-electron chi connectivity index (χ0n) is 12.8. The molecule has 0 saturated heterocycles. The molecule has 4 heteroatoms. The van der Waals surface area contributed by atoms with Crippen LogP contribution < -0.4 is 9.47 Å². The van der Waals surface area contributed by atoms with E-state index in [-0.39, 0.29) is 5.92 Å². The molecular weight excluding hydrogens is 320 g/mol. The van der Waals surface area contributed by atoms with Gasteiger partial charge in [-0.2, -0.15) is 0 Å². The quantitative estimate of drug-likeness (QED) is 0.741. The lowest BCUT2D eigenvalue weighted by Crippen LogP contribution is -2.14. The molecule has 1 unspecified atom stereocenters. The zero-order valence-corrected chi connectivity index (χ0v) is 14.4. The SMILES string of the molecule is CCCC(CCC)C(O)c1ccc(OC)c(Br)c1OC. The molecule has 0 fully saturated rings. The van der Waals surface area contributed by atoms with Crippen molar-refractivity contribution in [1.29, 1.82) is 0 Å². The number of hydrogen-bond acceptors (Lipinski definition) is 3. The minimum atomic E-state index is -0.507. The summed E-state index contributed by atoms with van der Waals surface area (Å²) in [5.41, 5.74) is 0.826. The number of rotatable bonds is 8. The van der Waals surface area contributed by atoms with E-state index in [2.05, 4.69) is 29.8 Å². The van der Waals surface area contributed by atoms with Gasteiger partial charge in [0.25, 0.3) is 0 Å². The van der Waals surface area contributed by atoms with Gasteiger partial charge in [-0.05, 0) is 46.8 Å². The maximum absolute atomic E-state index is 10.7. The van der Waals surface area contributed by atoms with E-state index in [1.54, 1.807) is 14.2 Å². The van der Waals surface area contributed by atoms with E-state index in [0.717, 1.165) is 35.7 Å². The molecular formula is C16H25BrO3. The maximum Gasteiger partial charge on any atom is 0.142 e. The fourth-order valence-corrected chi connectivity index (χ4v) is 3.29. The second kappa shape index (κ2) is 8.53. The first-order valence-corrected chi connectivity index (χ1v) is 7.98. The average molecular weight is 345 g/mol. The predicted octanol–water partition coefficient (Wildman–Crippen LogP) is 4.72. The Morgan fingerprint density at radius 3 is 2.15 bits per heavy atom. The summed E-state index contributed by atoms with van der Waals surface area (Å²) in [6.07, 6.45) is 3.67. The standard InChI is InChI=1S/C16H25BrO3/c1-5-7-11(8-6-2)15(18)12-9-10-13(19-3)14(17)16(12)20-4/h9-11,15,18H,5-8H2,1-4H3. The number of aliphatic hydroxyl groups excluding tert-OH is 1. The fourth-order valence-electron chi connectivity index (χ4n) is 2.61. The number of aliphatic hydroxyl groups is 1. The second-order valence-electron chi connectivity index (χ2n) is 4.99. The third-order valence-corrected chi connectivity index (χ3v) is 4.35. The Balaban J connectivity index is 3.13. The second-order valence-corrected chi connectivity index (χ2v) is 5.78. The molecule has 3 nitrogen and oxygen atoms in total. The highest BCUT2D eigenvalue weighted by molar-refractivity contribution is 9.10. The molecule has 1 aromatic rings. The monoisotopic (exact) mass is 344 g/mol. The number of hydrogen-bond donors (Lipinski definition) is 1. The van der Waals surface area contributed by atoms with Gasteiger partial charge in [-0.1, -0.05) is 26.7 Å². The van der Waals surface area contributed by atoms with Crippen molar-refractivity contribution in [2.24, 2.45) is 5.92 Å². The molecule has 0 amide bonds. The van der Waals surface area contributed by atoms with E-state index in [4.69, 9.17) is 9.47 Å². The van der Waals surface area contributed by atoms with Gasteiger partial charge < -0.3 is 14.6 Å². The number of ether oxygens (including phenoxy) is 2. The topological polar surface area (TPSA) is 38.7 Å². The van der Waals surface area contributed by atoms with Crippen molar-refractivity contribution in [2.75, 3.05) is 14.2 Å². The first kappa shape index (κ1) is 17.3. The van der Waals surface area contributed by atoms with Crippen LogP contribution in [0.15, 0.2) is 16.6 Å². The van der Waals surface area contributed by atoms with Crippen LogP contribution in [0.2, 0.25) is 0 Å². The molecule has 20 heavy (non-hydrogen) atoms. The van der Waals surface area contributed by atoms with Gasteiger partial charge in [-0.15, -0.1) is 0 Å². The lowest BCUT2D eigenvalue weighted by Gasteiger charge is -2.25. The Kier molecular flexibility index (Phi) is 7.38. The van der Waals surface area contributed by atoms with Gasteiger partial charge in [0, 0.05) is 5.56 Å². The van der Waals surface area contributed by atoms with Crippen molar-refractivity contribution in [2.45, 2.75) is 45.6 Å². The maximum atomic E-state index is 10.7. The molecule has 0 aromatic heterocycles. The van der Waals surface area contributed by atoms with E-state index in [9.17, 15) is 5.11 Å². The Morgan fingerprint density at radius 2 is 1.70 bits per heavy atom. The smallest absolute Gasteiger partial charge is 0.142 e. The van der Waals surface area contributed by atoms with Crippen LogP contribution in [0.5, 0.6) is 11.5 Å². The minimum absolute atomic E-state index is 0.263. The van der Waals surface area contributed by atoms with Crippen LogP contribution >= 0.6 is 15.9 Å². The molecule has 1 atom stereocenters. The Morgan fingerprint density at radius 1 is 1.10 bits per heavy atom. The number of halogens is 1. The fraction of sp³-hybridized carbons (Fsp3) is 0.625. The van der Waals surface area contributed by atoms with Gasteiger partial charge in [-0.25, -0.2) is 0 Å². The lowest BCUT2D eigenvalue weighted by molar-refractivity contribution is 0.0936. The molecule has 1 rings (SSSR count). The van der Waals surface area contributed by atoms with Crippen LogP contribution in [-0.4, -0.2) is 19.3 Å². The van der Waals surface area contributed by atoms with Gasteiger partial charge in [0.15, 0.2) is 0 Å². The summed E-state index contributed by atoms with van der Waals surface area (Å²) in [5.74, 6) is 1.63. The van der Waals surface area contributed by atoms with Crippen molar-refractivity contribution in [3.63, 3.8) is 0 Å². The molecule has 0 spiro atoms. The van der Waals surface area contributed by atoms with Crippen LogP contribution in [0.3, 0.4) is 0 Å². The first-order chi connectivity index (χ1) is 9.60. The summed E-state index contributed by atoms with van der Waals surface area (Å²) in [4.78, 5) is 0. The lowest BCUT2D eigenvalue weighted by atomic mass is 9.88. The zero-order chi connectivity index (χ0) is 15.1. The summed E-state index contributed by atoms with van der Waals surface area (Å²) < 4.78 is 11.5. The molecule has 0 heterocycles. The van der Waals surface area contributed by atoms with Gasteiger partial charge in [-0.3, -0.25) is 0 Å². The Labute approximate surface area is 130 Å². The van der Waals surface area contributed by atoms with Gasteiger partial charge >= 0.3 is 0 Å². The summed E-state index contributed by atoms with van der Waals surface area (Å²) in [7, 11) is 3.23. The van der Waals surface area contributed by atoms with Gasteiger partial charge in [0.1, 0.15) is 16.0 Å². The highest BCUT2D eigenvalue weighted by Crippen LogP contribution is 2.42. The van der Waals surface area contributed by atoms with Crippen LogP contribution in [0, 0.1) is 5.92 Å². The summed E-state index contributed by atoms with van der Waals surface area (Å²) in [5, 5.41) is 10.7. The van der Waals surface area contributed by atoms with Crippen molar-refractivity contribution in [3.8, 4) is 11.5 Å². The van der Waals surface area contributed by atoms with Crippen molar-refractivity contribution >= 4 is 15.9 Å².